The van der Waals surface area contributed by atoms with Gasteiger partial charge >= 0.3 is 63.4 Å². The van der Waals surface area contributed by atoms with Crippen LogP contribution in [0.15, 0.2) is 54.6 Å². The third kappa shape index (κ3) is 9.44. The molecule has 0 heterocycles. The predicted octanol–water partition coefficient (Wildman–Crippen LogP) is 2.02. The molecule has 0 bridgehead atoms. The molecular weight excluding hydrogens is 393 g/mol. The van der Waals surface area contributed by atoms with Gasteiger partial charge < -0.3 is 16.6 Å². The number of carboxylic acid groups (broad SMARTS) is 1. The van der Waals surface area contributed by atoms with Crippen LogP contribution in [0.2, 0.25) is 0 Å². The molecule has 2 aromatic rings. The number of aliphatic carboxylic acids is 1. The van der Waals surface area contributed by atoms with Crippen LogP contribution in [-0.2, 0) is 16.0 Å². The molecule has 6 heteroatoms. The van der Waals surface area contributed by atoms with Crippen LogP contribution in [0, 0.1) is 5.92 Å². The maximum absolute atomic E-state index is 12.2. The molecule has 0 aliphatic rings. The van der Waals surface area contributed by atoms with Crippen molar-refractivity contribution < 1.29 is 72.2 Å². The van der Waals surface area contributed by atoms with Crippen LogP contribution in [0.4, 0.5) is 4.79 Å². The second-order valence-electron chi connectivity index (χ2n) is 8.09. The number of benzene rings is 2. The van der Waals surface area contributed by atoms with Crippen LogP contribution in [0.3, 0.4) is 0 Å². The van der Waals surface area contributed by atoms with E-state index in [2.05, 4.69) is 17.4 Å². The maximum Gasteiger partial charge on any atom is 1.00 e. The first-order chi connectivity index (χ1) is 13.1. The van der Waals surface area contributed by atoms with E-state index in [1.165, 1.54) is 0 Å². The van der Waals surface area contributed by atoms with Gasteiger partial charge in [0.05, 0.1) is 5.92 Å². The molecule has 0 saturated carbocycles. The van der Waals surface area contributed by atoms with E-state index in [9.17, 15) is 14.7 Å². The third-order valence-electron chi connectivity index (χ3n) is 4.32. The molecule has 0 aromatic heterocycles. The molecule has 2 rings (SSSR count). The Morgan fingerprint density at radius 1 is 1.03 bits per heavy atom. The Bertz CT molecular complexity index is 791. The van der Waals surface area contributed by atoms with Crippen molar-refractivity contribution in [2.45, 2.75) is 52.2 Å². The van der Waals surface area contributed by atoms with E-state index in [0.717, 1.165) is 16.7 Å². The Kier molecular flexibility index (Phi) is 10.6. The van der Waals surface area contributed by atoms with Gasteiger partial charge in [0.25, 0.3) is 0 Å². The summed E-state index contributed by atoms with van der Waals surface area (Å²) in [6.07, 6.45) is 0.331. The third-order valence-corrected chi connectivity index (χ3v) is 4.32. The maximum atomic E-state index is 12.2. The Morgan fingerprint density at radius 2 is 1.59 bits per heavy atom. The number of nitrogens with one attached hydrogen (secondary N) is 1. The quantitative estimate of drug-likeness (QED) is 0.668. The molecule has 2 aromatic carbocycles. The Morgan fingerprint density at radius 3 is 2.10 bits per heavy atom. The summed E-state index contributed by atoms with van der Waals surface area (Å²) in [7, 11) is 0. The van der Waals surface area contributed by atoms with Crippen molar-refractivity contribution in [2.75, 3.05) is 0 Å². The average molecular weight is 424 g/mol. The molecule has 0 spiro atoms. The van der Waals surface area contributed by atoms with E-state index in [4.69, 9.17) is 4.74 Å². The first-order valence-electron chi connectivity index (χ1n) is 9.51. The zero-order valence-corrected chi connectivity index (χ0v) is 21.1. The van der Waals surface area contributed by atoms with Crippen LogP contribution < -0.4 is 56.7 Å². The molecule has 2 atom stereocenters. The standard InChI is InChI=1S/C23H29NO4.K.H/c1-16(21(25)26)14-20(24-22(27)28-23(2,3)4)15-17-10-12-19(13-11-17)18-8-6-5-7-9-18;;/h5-13,16,20H,14-15H2,1-4H3,(H,24,27)(H,25,26);;/q;+1;-1/t16-,20-;;/m0../s1. The zero-order chi connectivity index (χ0) is 20.7. The summed E-state index contributed by atoms with van der Waals surface area (Å²) in [5, 5.41) is 12.1. The van der Waals surface area contributed by atoms with Crippen molar-refractivity contribution in [3.05, 3.63) is 60.2 Å². The Hall–Kier alpha value is -1.18. The van der Waals surface area contributed by atoms with E-state index < -0.39 is 23.6 Å². The monoisotopic (exact) mass is 423 g/mol. The van der Waals surface area contributed by atoms with Gasteiger partial charge in [0.2, 0.25) is 0 Å². The number of ether oxygens (including phenoxy) is 1. The van der Waals surface area contributed by atoms with Crippen LogP contribution in [-0.4, -0.2) is 28.8 Å². The van der Waals surface area contributed by atoms with Crippen molar-refractivity contribution in [1.82, 2.24) is 5.32 Å². The van der Waals surface area contributed by atoms with Crippen LogP contribution in [0.1, 0.15) is 41.1 Å². The largest absolute Gasteiger partial charge is 1.00 e. The summed E-state index contributed by atoms with van der Waals surface area (Å²) in [5.41, 5.74) is 2.67. The van der Waals surface area contributed by atoms with Crippen LogP contribution in [0.25, 0.3) is 11.1 Å². The molecule has 0 radical (unpaired) electrons. The normalized spacial score (nSPS) is 13.0. The van der Waals surface area contributed by atoms with Gasteiger partial charge in [-0.25, -0.2) is 4.79 Å². The summed E-state index contributed by atoms with van der Waals surface area (Å²) in [5.74, 6) is -1.45. The second kappa shape index (κ2) is 11.9. The summed E-state index contributed by atoms with van der Waals surface area (Å²) < 4.78 is 5.33. The number of hydrogen-bond acceptors (Lipinski definition) is 3. The van der Waals surface area contributed by atoms with E-state index in [-0.39, 0.29) is 58.9 Å². The van der Waals surface area contributed by atoms with Crippen LogP contribution >= 0.6 is 0 Å². The molecule has 152 valence electrons. The summed E-state index contributed by atoms with van der Waals surface area (Å²) >= 11 is 0. The number of alkyl carbamates (subject to hydrolysis) is 1. The molecule has 1 amide bonds. The minimum absolute atomic E-state index is 0. The van der Waals surface area contributed by atoms with E-state index in [1.807, 2.05) is 42.5 Å². The van der Waals surface area contributed by atoms with Crippen molar-refractivity contribution in [3.8, 4) is 11.1 Å². The SMILES string of the molecule is C[C@@H](C[C@@H](Cc1ccc(-c2ccccc2)cc1)NC(=O)OC(C)(C)C)C(=O)O.[H-].[K+]. The number of carbonyl (C=O) groups excluding carboxylic acids is 1. The van der Waals surface area contributed by atoms with Gasteiger partial charge in [-0.3, -0.25) is 4.79 Å². The molecule has 0 saturated heterocycles. The average Bonchev–Trinajstić information content (AvgIpc) is 2.61. The molecule has 0 aliphatic carbocycles. The Labute approximate surface area is 217 Å². The van der Waals surface area contributed by atoms with Gasteiger partial charge in [-0.1, -0.05) is 61.5 Å². The van der Waals surface area contributed by atoms with Gasteiger partial charge in [0.15, 0.2) is 0 Å². The van der Waals surface area contributed by atoms with Gasteiger partial charge in [0, 0.05) is 6.04 Å². The van der Waals surface area contributed by atoms with Gasteiger partial charge in [-0.2, -0.15) is 0 Å². The van der Waals surface area contributed by atoms with Crippen molar-refractivity contribution >= 4 is 12.1 Å². The molecule has 5 nitrogen and oxygen atoms in total. The van der Waals surface area contributed by atoms with E-state index in [0.29, 0.717) is 12.8 Å². The summed E-state index contributed by atoms with van der Waals surface area (Å²) in [6, 6.07) is 17.8. The fourth-order valence-electron chi connectivity index (χ4n) is 2.94. The number of carbonyl (C=O) groups is 2. The fraction of sp³-hybridized carbons (Fsp3) is 0.391. The number of rotatable bonds is 7. The van der Waals surface area contributed by atoms with Gasteiger partial charge in [0.1, 0.15) is 5.60 Å². The zero-order valence-electron chi connectivity index (χ0n) is 18.9. The van der Waals surface area contributed by atoms with E-state index in [1.54, 1.807) is 27.7 Å². The van der Waals surface area contributed by atoms with Crippen molar-refractivity contribution in [1.29, 1.82) is 0 Å². The Balaban J connectivity index is 0.00000420. The molecular formula is C23H30KNO4. The van der Waals surface area contributed by atoms with Gasteiger partial charge in [-0.05, 0) is 50.3 Å². The first kappa shape index (κ1) is 25.9. The minimum Gasteiger partial charge on any atom is -1.00 e. The smallest absolute Gasteiger partial charge is 1.00 e. The molecule has 2 N–H and O–H groups in total. The van der Waals surface area contributed by atoms with Crippen molar-refractivity contribution in [3.63, 3.8) is 0 Å². The fourth-order valence-corrected chi connectivity index (χ4v) is 2.94. The van der Waals surface area contributed by atoms with Crippen molar-refractivity contribution in [2.24, 2.45) is 5.92 Å². The predicted molar refractivity (Wildman–Crippen MR) is 111 cm³/mol. The second-order valence-corrected chi connectivity index (χ2v) is 8.09. The van der Waals surface area contributed by atoms with Crippen LogP contribution in [0.5, 0.6) is 0 Å². The molecule has 29 heavy (non-hydrogen) atoms. The molecule has 0 aliphatic heterocycles. The number of amides is 1. The first-order valence-corrected chi connectivity index (χ1v) is 9.51. The van der Waals surface area contributed by atoms with E-state index >= 15 is 0 Å². The topological polar surface area (TPSA) is 75.6 Å². The number of hydrogen-bond donors (Lipinski definition) is 2. The summed E-state index contributed by atoms with van der Waals surface area (Å²) in [4.78, 5) is 23.4. The molecule has 0 unspecified atom stereocenters. The minimum atomic E-state index is -0.879. The van der Waals surface area contributed by atoms with Gasteiger partial charge in [-0.15, -0.1) is 0 Å². The summed E-state index contributed by atoms with van der Waals surface area (Å²) in [6.45, 7) is 7.03. The molecule has 0 fully saturated rings. The number of carboxylic acids is 1.